The summed E-state index contributed by atoms with van der Waals surface area (Å²) in [6, 6.07) is 9.36. The number of ether oxygens (including phenoxy) is 1. The molecule has 3 heteroatoms. The van der Waals surface area contributed by atoms with Crippen LogP contribution in [-0.4, -0.2) is 18.5 Å². The minimum atomic E-state index is -0.103. The normalized spacial score (nSPS) is 12.8. The number of furan rings is 1. The highest BCUT2D eigenvalue weighted by Gasteiger charge is 2.13. The lowest BCUT2D eigenvalue weighted by Gasteiger charge is -2.09. The molecule has 1 aromatic carbocycles. The van der Waals surface area contributed by atoms with Crippen molar-refractivity contribution in [2.75, 3.05) is 6.61 Å². The second-order valence-corrected chi connectivity index (χ2v) is 4.48. The summed E-state index contributed by atoms with van der Waals surface area (Å²) in [4.78, 5) is 11.9. The zero-order valence-corrected chi connectivity index (χ0v) is 10.8. The molecule has 0 aliphatic heterocycles. The lowest BCUT2D eigenvalue weighted by Crippen LogP contribution is -2.15. The molecule has 2 rings (SSSR count). The van der Waals surface area contributed by atoms with Crippen molar-refractivity contribution in [1.29, 1.82) is 0 Å². The summed E-state index contributed by atoms with van der Waals surface area (Å²) >= 11 is 0. The fraction of sp³-hybridized carbons (Fsp3) is 0.400. The molecule has 1 heterocycles. The van der Waals surface area contributed by atoms with E-state index in [-0.39, 0.29) is 18.5 Å². The van der Waals surface area contributed by atoms with Gasteiger partial charge in [-0.15, -0.1) is 0 Å². The average Bonchev–Trinajstić information content (AvgIpc) is 2.80. The van der Waals surface area contributed by atoms with Crippen LogP contribution in [0.2, 0.25) is 0 Å². The Hall–Kier alpha value is -1.61. The van der Waals surface area contributed by atoms with Gasteiger partial charge < -0.3 is 9.15 Å². The van der Waals surface area contributed by atoms with E-state index >= 15 is 0 Å². The van der Waals surface area contributed by atoms with Crippen LogP contribution in [-0.2, 0) is 4.74 Å². The van der Waals surface area contributed by atoms with E-state index < -0.39 is 0 Å². The maximum Gasteiger partial charge on any atom is 0.223 e. The Labute approximate surface area is 107 Å². The van der Waals surface area contributed by atoms with Gasteiger partial charge in [0.05, 0.1) is 6.10 Å². The first kappa shape index (κ1) is 12.8. The third-order valence-electron chi connectivity index (χ3n) is 2.89. The zero-order valence-electron chi connectivity index (χ0n) is 10.8. The van der Waals surface area contributed by atoms with E-state index in [2.05, 4.69) is 6.92 Å². The molecule has 1 aromatic heterocycles. The molecule has 0 spiro atoms. The number of para-hydroxylation sites is 1. The van der Waals surface area contributed by atoms with Gasteiger partial charge in [-0.05, 0) is 25.5 Å². The molecule has 0 amide bonds. The first-order valence-corrected chi connectivity index (χ1v) is 6.34. The number of carbonyl (C=O) groups is 1. The van der Waals surface area contributed by atoms with Crippen LogP contribution >= 0.6 is 0 Å². The number of fused-ring (bicyclic) bond motifs is 1. The van der Waals surface area contributed by atoms with Crippen LogP contribution in [0.3, 0.4) is 0 Å². The number of carbonyl (C=O) groups excluding carboxylic acids is 1. The van der Waals surface area contributed by atoms with Crippen LogP contribution in [0.15, 0.2) is 34.7 Å². The molecule has 1 unspecified atom stereocenters. The molecule has 18 heavy (non-hydrogen) atoms. The minimum Gasteiger partial charge on any atom is -0.453 e. The number of rotatable bonds is 6. The first-order chi connectivity index (χ1) is 8.70. The molecule has 0 saturated heterocycles. The third-order valence-corrected chi connectivity index (χ3v) is 2.89. The Bertz CT molecular complexity index is 494. The van der Waals surface area contributed by atoms with Crippen LogP contribution in [0.4, 0.5) is 0 Å². The first-order valence-electron chi connectivity index (χ1n) is 6.34. The predicted molar refractivity (Wildman–Crippen MR) is 70.9 cm³/mol. The number of hydrogen-bond acceptors (Lipinski definition) is 3. The molecule has 0 aliphatic rings. The molecular formula is C15H18O3. The second-order valence-electron chi connectivity index (χ2n) is 4.48. The Morgan fingerprint density at radius 3 is 2.89 bits per heavy atom. The smallest absolute Gasteiger partial charge is 0.223 e. The summed E-state index contributed by atoms with van der Waals surface area (Å²) in [7, 11) is 0. The maximum atomic E-state index is 11.9. The molecule has 0 aliphatic carbocycles. The Kier molecular flexibility index (Phi) is 4.15. The van der Waals surface area contributed by atoms with Crippen molar-refractivity contribution in [2.24, 2.45) is 0 Å². The van der Waals surface area contributed by atoms with E-state index in [1.54, 1.807) is 6.07 Å². The van der Waals surface area contributed by atoms with Gasteiger partial charge in [-0.25, -0.2) is 0 Å². The van der Waals surface area contributed by atoms with E-state index in [1.165, 1.54) is 0 Å². The highest BCUT2D eigenvalue weighted by molar-refractivity contribution is 5.98. The van der Waals surface area contributed by atoms with Gasteiger partial charge in [0.1, 0.15) is 12.2 Å². The zero-order chi connectivity index (χ0) is 13.0. The lowest BCUT2D eigenvalue weighted by molar-refractivity contribution is 0.0473. The molecule has 3 nitrogen and oxygen atoms in total. The topological polar surface area (TPSA) is 39.4 Å². The second kappa shape index (κ2) is 5.83. The molecule has 0 fully saturated rings. The largest absolute Gasteiger partial charge is 0.453 e. The van der Waals surface area contributed by atoms with Gasteiger partial charge >= 0.3 is 0 Å². The van der Waals surface area contributed by atoms with Crippen molar-refractivity contribution < 1.29 is 13.9 Å². The fourth-order valence-electron chi connectivity index (χ4n) is 1.90. The van der Waals surface area contributed by atoms with E-state index in [0.717, 1.165) is 23.8 Å². The summed E-state index contributed by atoms with van der Waals surface area (Å²) in [5.74, 6) is 0.272. The predicted octanol–water partition coefficient (Wildman–Crippen LogP) is 3.82. The summed E-state index contributed by atoms with van der Waals surface area (Å²) in [6.07, 6.45) is 2.14. The Morgan fingerprint density at radius 1 is 1.39 bits per heavy atom. The van der Waals surface area contributed by atoms with Gasteiger partial charge in [0.2, 0.25) is 5.78 Å². The molecule has 0 radical (unpaired) electrons. The minimum absolute atomic E-state index is 0.0843. The molecular weight excluding hydrogens is 228 g/mol. The molecule has 0 N–H and O–H groups in total. The number of hydrogen-bond donors (Lipinski definition) is 0. The number of ketones is 1. The lowest BCUT2D eigenvalue weighted by atomic mass is 10.2. The monoisotopic (exact) mass is 246 g/mol. The van der Waals surface area contributed by atoms with Crippen molar-refractivity contribution in [2.45, 2.75) is 32.8 Å². The standard InChI is InChI=1S/C15H18O3/c1-3-6-11(2)17-10-13(16)15-9-12-7-4-5-8-14(12)18-15/h4-5,7-9,11H,3,6,10H2,1-2H3. The van der Waals surface area contributed by atoms with Crippen LogP contribution < -0.4 is 0 Å². The van der Waals surface area contributed by atoms with Crippen molar-refractivity contribution >= 4 is 16.8 Å². The van der Waals surface area contributed by atoms with Crippen molar-refractivity contribution in [1.82, 2.24) is 0 Å². The summed E-state index contributed by atoms with van der Waals surface area (Å²) in [6.45, 7) is 4.16. The van der Waals surface area contributed by atoms with Crippen LogP contribution in [0.1, 0.15) is 37.2 Å². The highest BCUT2D eigenvalue weighted by atomic mass is 16.5. The van der Waals surface area contributed by atoms with E-state index in [9.17, 15) is 4.79 Å². The number of benzene rings is 1. The summed E-state index contributed by atoms with van der Waals surface area (Å²) in [5, 5.41) is 0.947. The summed E-state index contributed by atoms with van der Waals surface area (Å²) < 4.78 is 11.0. The maximum absolute atomic E-state index is 11.9. The van der Waals surface area contributed by atoms with Crippen molar-refractivity contribution in [3.8, 4) is 0 Å². The molecule has 0 saturated carbocycles. The van der Waals surface area contributed by atoms with Gasteiger partial charge in [0, 0.05) is 5.39 Å². The fourth-order valence-corrected chi connectivity index (χ4v) is 1.90. The average molecular weight is 246 g/mol. The Balaban J connectivity index is 2.00. The molecule has 0 bridgehead atoms. The van der Waals surface area contributed by atoms with Gasteiger partial charge in [0.25, 0.3) is 0 Å². The van der Waals surface area contributed by atoms with Crippen molar-refractivity contribution in [3.63, 3.8) is 0 Å². The van der Waals surface area contributed by atoms with Gasteiger partial charge in [-0.1, -0.05) is 31.5 Å². The van der Waals surface area contributed by atoms with Crippen LogP contribution in [0.25, 0.3) is 11.0 Å². The van der Waals surface area contributed by atoms with E-state index in [0.29, 0.717) is 5.76 Å². The van der Waals surface area contributed by atoms with Crippen molar-refractivity contribution in [3.05, 3.63) is 36.1 Å². The molecule has 2 aromatic rings. The molecule has 1 atom stereocenters. The SMILES string of the molecule is CCCC(C)OCC(=O)c1cc2ccccc2o1. The van der Waals surface area contributed by atoms with Gasteiger partial charge in [-0.2, -0.15) is 0 Å². The quantitative estimate of drug-likeness (QED) is 0.727. The highest BCUT2D eigenvalue weighted by Crippen LogP contribution is 2.19. The van der Waals surface area contributed by atoms with Crippen LogP contribution in [0.5, 0.6) is 0 Å². The summed E-state index contributed by atoms with van der Waals surface area (Å²) in [5.41, 5.74) is 0.738. The van der Waals surface area contributed by atoms with Gasteiger partial charge in [0.15, 0.2) is 5.76 Å². The third kappa shape index (κ3) is 2.99. The van der Waals surface area contributed by atoms with E-state index in [1.807, 2.05) is 31.2 Å². The van der Waals surface area contributed by atoms with Gasteiger partial charge in [-0.3, -0.25) is 4.79 Å². The van der Waals surface area contributed by atoms with Crippen LogP contribution in [0, 0.1) is 0 Å². The Morgan fingerprint density at radius 2 is 2.17 bits per heavy atom. The van der Waals surface area contributed by atoms with E-state index in [4.69, 9.17) is 9.15 Å². The molecule has 96 valence electrons. The number of Topliss-reactive ketones (excluding diaryl/α,β-unsaturated/α-hetero) is 1.